The summed E-state index contributed by atoms with van der Waals surface area (Å²) in [6.07, 6.45) is 0. The summed E-state index contributed by atoms with van der Waals surface area (Å²) in [5.74, 6) is -3.47. The first-order chi connectivity index (χ1) is 17.6. The number of phenolic OH excluding ortho intramolecular Hbond substituents is 1. The van der Waals surface area contributed by atoms with Gasteiger partial charge in [0, 0.05) is 12.1 Å². The van der Waals surface area contributed by atoms with Crippen LogP contribution >= 0.6 is 0 Å². The van der Waals surface area contributed by atoms with Gasteiger partial charge in [-0.05, 0) is 49.7 Å². The molecule has 4 rings (SSSR count). The lowest BCUT2D eigenvalue weighted by Crippen LogP contribution is -2.12. The monoisotopic (exact) mass is 509 g/mol. The first kappa shape index (κ1) is 25.2. The van der Waals surface area contributed by atoms with Crippen molar-refractivity contribution in [2.45, 2.75) is 20.4 Å². The molecule has 192 valence electrons. The number of aromatic hydroxyl groups is 1. The zero-order valence-electron chi connectivity index (χ0n) is 20.3. The van der Waals surface area contributed by atoms with E-state index >= 15 is 0 Å². The Morgan fingerprint density at radius 3 is 2.24 bits per heavy atom. The largest absolute Gasteiger partial charge is 0.507 e. The van der Waals surface area contributed by atoms with Crippen molar-refractivity contribution >= 4 is 23.6 Å². The molecule has 1 heterocycles. The highest BCUT2D eigenvalue weighted by Crippen LogP contribution is 2.48. The van der Waals surface area contributed by atoms with Crippen LogP contribution in [0.4, 0.5) is 5.69 Å². The molecule has 0 spiro atoms. The summed E-state index contributed by atoms with van der Waals surface area (Å²) in [5.41, 5.74) is 0.777. The second-order valence-electron chi connectivity index (χ2n) is 8.18. The van der Waals surface area contributed by atoms with E-state index in [1.807, 2.05) is 0 Å². The molecule has 0 bridgehead atoms. The van der Waals surface area contributed by atoms with Crippen molar-refractivity contribution in [1.82, 2.24) is 0 Å². The van der Waals surface area contributed by atoms with Gasteiger partial charge in [0.2, 0.25) is 0 Å². The Labute approximate surface area is 210 Å². The Morgan fingerprint density at radius 2 is 1.62 bits per heavy atom. The first-order valence-corrected chi connectivity index (χ1v) is 10.9. The molecule has 0 fully saturated rings. The van der Waals surface area contributed by atoms with E-state index in [-0.39, 0.29) is 57.5 Å². The topological polar surface area (TPSA) is 161 Å². The van der Waals surface area contributed by atoms with Gasteiger partial charge in [-0.1, -0.05) is 0 Å². The predicted molar refractivity (Wildman–Crippen MR) is 130 cm³/mol. The number of methoxy groups -OCH3 is 2. The van der Waals surface area contributed by atoms with Crippen molar-refractivity contribution in [2.75, 3.05) is 19.5 Å². The van der Waals surface area contributed by atoms with E-state index in [4.69, 9.17) is 18.9 Å². The number of carboxylic acid groups (broad SMARTS) is 2. The number of rotatable bonds is 7. The third-order valence-corrected chi connectivity index (χ3v) is 5.95. The van der Waals surface area contributed by atoms with E-state index < -0.39 is 17.9 Å². The number of carbonyl (C=O) groups excluding carboxylic acids is 1. The standard InChI is InChI=1S/C26H23NO10/c1-11-7-17(28)15(10-27-16-8-13(24(29)30)5-6-18(16)34-3)22-20(11)26(33)37-21-12(2)19(35-4)9-14(25(31)32)23(21)36-22/h5-9,27-28H,10H2,1-4H3,(H,29,30)(H,31,32). The maximum atomic E-state index is 13.2. The van der Waals surface area contributed by atoms with Crippen LogP contribution in [-0.2, 0) is 6.54 Å². The zero-order chi connectivity index (χ0) is 27.0. The molecule has 0 radical (unpaired) electrons. The molecule has 0 unspecified atom stereocenters. The van der Waals surface area contributed by atoms with Gasteiger partial charge in [0.15, 0.2) is 17.2 Å². The summed E-state index contributed by atoms with van der Waals surface area (Å²) >= 11 is 0. The van der Waals surface area contributed by atoms with E-state index in [1.165, 1.54) is 44.6 Å². The number of fused-ring (bicyclic) bond motifs is 2. The van der Waals surface area contributed by atoms with Crippen molar-refractivity contribution < 1.29 is 48.7 Å². The Bertz CT molecular complexity index is 1460. The van der Waals surface area contributed by atoms with Gasteiger partial charge in [-0.15, -0.1) is 0 Å². The SMILES string of the molecule is COc1ccc(C(=O)O)cc1NCc1c(O)cc(C)c2c1Oc1c(C(=O)O)cc(OC)c(C)c1OC2=O. The molecule has 0 atom stereocenters. The number of hydrogen-bond donors (Lipinski definition) is 4. The molecule has 0 amide bonds. The second-order valence-corrected chi connectivity index (χ2v) is 8.18. The number of carbonyl (C=O) groups is 3. The smallest absolute Gasteiger partial charge is 0.347 e. The van der Waals surface area contributed by atoms with Crippen LogP contribution in [-0.4, -0.2) is 47.4 Å². The predicted octanol–water partition coefficient (Wildman–Crippen LogP) is 4.36. The highest BCUT2D eigenvalue weighted by molar-refractivity contribution is 6.00. The minimum absolute atomic E-state index is 0.000431. The van der Waals surface area contributed by atoms with E-state index in [2.05, 4.69) is 5.32 Å². The Kier molecular flexibility index (Phi) is 6.54. The van der Waals surface area contributed by atoms with Crippen LogP contribution < -0.4 is 24.3 Å². The number of nitrogens with one attached hydrogen (secondary N) is 1. The lowest BCUT2D eigenvalue weighted by molar-refractivity contribution is 0.0682. The summed E-state index contributed by atoms with van der Waals surface area (Å²) in [6.45, 7) is 3.01. The molecule has 1 aliphatic rings. The fraction of sp³-hybridized carbons (Fsp3) is 0.192. The van der Waals surface area contributed by atoms with Gasteiger partial charge in [0.1, 0.15) is 28.4 Å². The summed E-state index contributed by atoms with van der Waals surface area (Å²) in [6, 6.07) is 6.81. The fourth-order valence-electron chi connectivity index (χ4n) is 4.06. The number of aryl methyl sites for hydroxylation is 1. The quantitative estimate of drug-likeness (QED) is 0.264. The lowest BCUT2D eigenvalue weighted by atomic mass is 10.0. The zero-order valence-corrected chi connectivity index (χ0v) is 20.3. The fourth-order valence-corrected chi connectivity index (χ4v) is 4.06. The number of benzene rings is 3. The summed E-state index contributed by atoms with van der Waals surface area (Å²) in [4.78, 5) is 36.7. The molecular weight excluding hydrogens is 486 g/mol. The van der Waals surface area contributed by atoms with Crippen LogP contribution in [0.5, 0.6) is 34.5 Å². The summed E-state index contributed by atoms with van der Waals surface area (Å²) < 4.78 is 22.1. The Hall–Kier alpha value is -4.93. The van der Waals surface area contributed by atoms with Crippen molar-refractivity contribution in [3.63, 3.8) is 0 Å². The maximum Gasteiger partial charge on any atom is 0.347 e. The van der Waals surface area contributed by atoms with E-state index in [0.717, 1.165) is 0 Å². The number of anilines is 1. The molecule has 3 aromatic carbocycles. The maximum absolute atomic E-state index is 13.2. The molecule has 0 aliphatic carbocycles. The van der Waals surface area contributed by atoms with Crippen molar-refractivity contribution in [3.05, 3.63) is 63.7 Å². The van der Waals surface area contributed by atoms with Crippen LogP contribution in [0.15, 0.2) is 30.3 Å². The molecule has 0 saturated heterocycles. The van der Waals surface area contributed by atoms with E-state index in [9.17, 15) is 29.7 Å². The molecule has 0 aromatic heterocycles. The van der Waals surface area contributed by atoms with Gasteiger partial charge < -0.3 is 39.6 Å². The number of carboxylic acids is 2. The molecule has 11 nitrogen and oxygen atoms in total. The lowest BCUT2D eigenvalue weighted by Gasteiger charge is -2.18. The van der Waals surface area contributed by atoms with Crippen LogP contribution in [0, 0.1) is 13.8 Å². The average Bonchev–Trinajstić information content (AvgIpc) is 3.00. The third kappa shape index (κ3) is 4.42. The van der Waals surface area contributed by atoms with Crippen LogP contribution in [0.2, 0.25) is 0 Å². The van der Waals surface area contributed by atoms with Crippen molar-refractivity contribution in [2.24, 2.45) is 0 Å². The van der Waals surface area contributed by atoms with Gasteiger partial charge in [-0.25, -0.2) is 14.4 Å². The molecular formula is C26H23NO10. The number of esters is 1. The number of phenols is 1. The van der Waals surface area contributed by atoms with Gasteiger partial charge in [0.05, 0.1) is 31.0 Å². The molecule has 0 saturated carbocycles. The molecule has 3 aromatic rings. The molecule has 37 heavy (non-hydrogen) atoms. The minimum Gasteiger partial charge on any atom is -0.507 e. The Morgan fingerprint density at radius 1 is 0.919 bits per heavy atom. The van der Waals surface area contributed by atoms with Crippen molar-refractivity contribution in [1.29, 1.82) is 0 Å². The van der Waals surface area contributed by atoms with E-state index in [0.29, 0.717) is 22.6 Å². The van der Waals surface area contributed by atoms with Gasteiger partial charge in [-0.2, -0.15) is 0 Å². The Balaban J connectivity index is 1.86. The molecule has 11 heteroatoms. The second kappa shape index (κ2) is 9.61. The van der Waals surface area contributed by atoms with Crippen LogP contribution in [0.25, 0.3) is 0 Å². The van der Waals surface area contributed by atoms with Gasteiger partial charge >= 0.3 is 17.9 Å². The number of aromatic carboxylic acids is 2. The van der Waals surface area contributed by atoms with Crippen LogP contribution in [0.3, 0.4) is 0 Å². The highest BCUT2D eigenvalue weighted by Gasteiger charge is 2.34. The van der Waals surface area contributed by atoms with Crippen LogP contribution in [0.1, 0.15) is 47.8 Å². The highest BCUT2D eigenvalue weighted by atomic mass is 16.6. The van der Waals surface area contributed by atoms with E-state index in [1.54, 1.807) is 13.8 Å². The first-order valence-electron chi connectivity index (χ1n) is 10.9. The number of ether oxygens (including phenoxy) is 4. The normalized spacial score (nSPS) is 11.8. The molecule has 1 aliphatic heterocycles. The average molecular weight is 509 g/mol. The van der Waals surface area contributed by atoms with Crippen molar-refractivity contribution in [3.8, 4) is 34.5 Å². The number of hydrogen-bond acceptors (Lipinski definition) is 9. The summed E-state index contributed by atoms with van der Waals surface area (Å²) in [5, 5.41) is 33.0. The van der Waals surface area contributed by atoms with Gasteiger partial charge in [0.25, 0.3) is 0 Å². The van der Waals surface area contributed by atoms with Gasteiger partial charge in [-0.3, -0.25) is 0 Å². The molecule has 4 N–H and O–H groups in total. The minimum atomic E-state index is -1.35. The third-order valence-electron chi connectivity index (χ3n) is 5.95. The summed E-state index contributed by atoms with van der Waals surface area (Å²) in [7, 11) is 2.77.